The Morgan fingerprint density at radius 2 is 1.76 bits per heavy atom. The van der Waals surface area contributed by atoms with Crippen LogP contribution >= 0.6 is 0 Å². The van der Waals surface area contributed by atoms with E-state index in [0.29, 0.717) is 5.56 Å². The van der Waals surface area contributed by atoms with E-state index in [9.17, 15) is 19.7 Å². The number of nitro groups is 1. The quantitative estimate of drug-likeness (QED) is 0.457. The maximum absolute atomic E-state index is 12.1. The molecule has 0 aromatic heterocycles. The molecule has 1 amide bonds. The van der Waals surface area contributed by atoms with Gasteiger partial charge in [0.05, 0.1) is 4.92 Å². The van der Waals surface area contributed by atoms with Crippen LogP contribution < -0.4 is 10.9 Å². The van der Waals surface area contributed by atoms with Gasteiger partial charge < -0.3 is 0 Å². The second-order valence-electron chi connectivity index (χ2n) is 5.67. The molecule has 0 unspecified atom stereocenters. The number of nitrogens with zero attached hydrogens (tertiary/aromatic N) is 1. The zero-order valence-electron chi connectivity index (χ0n) is 14.0. The Balaban J connectivity index is 1.88. The smallest absolute Gasteiger partial charge is 0.294 e. The first kappa shape index (κ1) is 18.1. The monoisotopic (exact) mass is 341 g/mol. The maximum atomic E-state index is 12.1. The predicted octanol–water partition coefficient (Wildman–Crippen LogP) is 3.32. The highest BCUT2D eigenvalue weighted by molar-refractivity contribution is 5.98. The molecule has 0 radical (unpaired) electrons. The minimum absolute atomic E-state index is 0.0145. The average Bonchev–Trinajstić information content (AvgIpc) is 2.60. The van der Waals surface area contributed by atoms with E-state index in [1.54, 1.807) is 18.2 Å². The van der Waals surface area contributed by atoms with Crippen LogP contribution in [-0.4, -0.2) is 16.6 Å². The van der Waals surface area contributed by atoms with Crippen molar-refractivity contribution in [2.75, 3.05) is 5.43 Å². The van der Waals surface area contributed by atoms with Gasteiger partial charge in [0.15, 0.2) is 5.78 Å². The van der Waals surface area contributed by atoms with Gasteiger partial charge >= 0.3 is 0 Å². The van der Waals surface area contributed by atoms with Crippen molar-refractivity contribution in [2.24, 2.45) is 0 Å². The Labute approximate surface area is 145 Å². The van der Waals surface area contributed by atoms with Crippen molar-refractivity contribution in [3.05, 3.63) is 69.3 Å². The predicted molar refractivity (Wildman–Crippen MR) is 94.3 cm³/mol. The first-order valence-corrected chi connectivity index (χ1v) is 7.77. The van der Waals surface area contributed by atoms with Gasteiger partial charge in [0.1, 0.15) is 5.69 Å². The third kappa shape index (κ3) is 4.87. The van der Waals surface area contributed by atoms with Gasteiger partial charge in [-0.25, -0.2) is 0 Å². The van der Waals surface area contributed by atoms with Crippen LogP contribution in [0, 0.1) is 24.0 Å². The van der Waals surface area contributed by atoms with Crippen LogP contribution in [0.15, 0.2) is 42.5 Å². The van der Waals surface area contributed by atoms with Crippen molar-refractivity contribution in [1.29, 1.82) is 0 Å². The van der Waals surface area contributed by atoms with E-state index in [2.05, 4.69) is 10.9 Å². The van der Waals surface area contributed by atoms with Gasteiger partial charge in [0.25, 0.3) is 5.69 Å². The average molecular weight is 341 g/mol. The third-order valence-electron chi connectivity index (χ3n) is 3.85. The normalized spacial score (nSPS) is 10.2. The van der Waals surface area contributed by atoms with Crippen LogP contribution in [0.1, 0.15) is 34.3 Å². The molecular formula is C18H19N3O4. The Bertz CT molecular complexity index is 818. The number of para-hydroxylation sites is 2. The second-order valence-corrected chi connectivity index (χ2v) is 5.67. The van der Waals surface area contributed by atoms with Crippen LogP contribution in [-0.2, 0) is 4.79 Å². The number of nitro benzene ring substituents is 1. The summed E-state index contributed by atoms with van der Waals surface area (Å²) in [6.07, 6.45) is 0.0479. The summed E-state index contributed by atoms with van der Waals surface area (Å²) in [4.78, 5) is 34.4. The van der Waals surface area contributed by atoms with Gasteiger partial charge in [0.2, 0.25) is 5.91 Å². The molecule has 25 heavy (non-hydrogen) atoms. The van der Waals surface area contributed by atoms with E-state index in [-0.39, 0.29) is 30.0 Å². The highest BCUT2D eigenvalue weighted by Gasteiger charge is 2.14. The van der Waals surface area contributed by atoms with E-state index in [1.807, 2.05) is 19.9 Å². The van der Waals surface area contributed by atoms with Crippen LogP contribution in [0.4, 0.5) is 11.4 Å². The van der Waals surface area contributed by atoms with E-state index < -0.39 is 10.8 Å². The van der Waals surface area contributed by atoms with Gasteiger partial charge in [0, 0.05) is 24.5 Å². The summed E-state index contributed by atoms with van der Waals surface area (Å²) in [6.45, 7) is 3.89. The Kier molecular flexibility index (Phi) is 5.84. The number of nitrogens with one attached hydrogen (secondary N) is 2. The molecule has 0 aliphatic carbocycles. The van der Waals surface area contributed by atoms with Gasteiger partial charge in [-0.05, 0) is 37.1 Å². The molecule has 130 valence electrons. The highest BCUT2D eigenvalue weighted by atomic mass is 16.6. The molecule has 7 heteroatoms. The van der Waals surface area contributed by atoms with Crippen LogP contribution in [0.2, 0.25) is 0 Å². The number of anilines is 1. The number of hydrogen-bond acceptors (Lipinski definition) is 5. The summed E-state index contributed by atoms with van der Waals surface area (Å²) >= 11 is 0. The van der Waals surface area contributed by atoms with Gasteiger partial charge in [-0.15, -0.1) is 0 Å². The largest absolute Gasteiger partial charge is 0.294 e. The van der Waals surface area contributed by atoms with Crippen LogP contribution in [0.3, 0.4) is 0 Å². The lowest BCUT2D eigenvalue weighted by atomic mass is 10.0. The lowest BCUT2D eigenvalue weighted by Gasteiger charge is -2.09. The van der Waals surface area contributed by atoms with Crippen molar-refractivity contribution in [3.8, 4) is 0 Å². The van der Waals surface area contributed by atoms with E-state index in [1.165, 1.54) is 18.2 Å². The number of carbonyl (C=O) groups excluding carboxylic acids is 2. The third-order valence-corrected chi connectivity index (χ3v) is 3.85. The number of hydrogen-bond donors (Lipinski definition) is 2. The standard InChI is InChI=1S/C18H19N3O4/c1-12-7-8-14(11-13(12)2)17(22)9-10-18(23)20-19-15-5-3-4-6-16(15)21(24)25/h3-8,11,19H,9-10H2,1-2H3,(H,20,23). The summed E-state index contributed by atoms with van der Waals surface area (Å²) in [5, 5.41) is 10.9. The van der Waals surface area contributed by atoms with Gasteiger partial charge in [-0.1, -0.05) is 24.3 Å². The summed E-state index contributed by atoms with van der Waals surface area (Å²) in [6, 6.07) is 11.4. The first-order valence-electron chi connectivity index (χ1n) is 7.77. The summed E-state index contributed by atoms with van der Waals surface area (Å²) in [7, 11) is 0. The molecule has 2 aromatic rings. The minimum Gasteiger partial charge on any atom is -0.294 e. The van der Waals surface area contributed by atoms with E-state index in [4.69, 9.17) is 0 Å². The molecule has 0 aliphatic rings. The molecule has 7 nitrogen and oxygen atoms in total. The summed E-state index contributed by atoms with van der Waals surface area (Å²) < 4.78 is 0. The number of benzene rings is 2. The molecule has 0 heterocycles. The topological polar surface area (TPSA) is 101 Å². The summed E-state index contributed by atoms with van der Waals surface area (Å²) in [5.41, 5.74) is 7.63. The highest BCUT2D eigenvalue weighted by Crippen LogP contribution is 2.22. The van der Waals surface area contributed by atoms with Crippen molar-refractivity contribution in [2.45, 2.75) is 26.7 Å². The molecule has 2 N–H and O–H groups in total. The Morgan fingerprint density at radius 1 is 1.04 bits per heavy atom. The van der Waals surface area contributed by atoms with Gasteiger partial charge in [-0.2, -0.15) is 0 Å². The Morgan fingerprint density at radius 3 is 2.44 bits per heavy atom. The zero-order chi connectivity index (χ0) is 18.4. The summed E-state index contributed by atoms with van der Waals surface area (Å²) in [5.74, 6) is -0.542. The van der Waals surface area contributed by atoms with Crippen molar-refractivity contribution < 1.29 is 14.5 Å². The molecule has 0 saturated carbocycles. The van der Waals surface area contributed by atoms with Crippen LogP contribution in [0.25, 0.3) is 0 Å². The lowest BCUT2D eigenvalue weighted by Crippen LogP contribution is -2.29. The lowest BCUT2D eigenvalue weighted by molar-refractivity contribution is -0.384. The molecule has 0 atom stereocenters. The first-order chi connectivity index (χ1) is 11.9. The number of rotatable bonds is 7. The Hall–Kier alpha value is -3.22. The number of ketones is 1. The van der Waals surface area contributed by atoms with Crippen LogP contribution in [0.5, 0.6) is 0 Å². The number of aryl methyl sites for hydroxylation is 2. The van der Waals surface area contributed by atoms with E-state index in [0.717, 1.165) is 11.1 Å². The van der Waals surface area contributed by atoms with Crippen molar-refractivity contribution in [1.82, 2.24) is 5.43 Å². The fraction of sp³-hybridized carbons (Fsp3) is 0.222. The SMILES string of the molecule is Cc1ccc(C(=O)CCC(=O)NNc2ccccc2[N+](=O)[O-])cc1C. The number of carbonyl (C=O) groups is 2. The van der Waals surface area contributed by atoms with Crippen molar-refractivity contribution >= 4 is 23.1 Å². The van der Waals surface area contributed by atoms with Gasteiger partial charge in [-0.3, -0.25) is 30.6 Å². The maximum Gasteiger partial charge on any atom is 0.294 e. The minimum atomic E-state index is -0.544. The molecule has 0 spiro atoms. The molecule has 2 aromatic carbocycles. The molecule has 0 aliphatic heterocycles. The molecular weight excluding hydrogens is 322 g/mol. The second kappa shape index (κ2) is 8.05. The molecule has 0 saturated heterocycles. The number of hydrazine groups is 1. The number of amides is 1. The van der Waals surface area contributed by atoms with E-state index >= 15 is 0 Å². The molecule has 0 fully saturated rings. The number of Topliss-reactive ketones (excluding diaryl/α,β-unsaturated/α-hetero) is 1. The van der Waals surface area contributed by atoms with Crippen molar-refractivity contribution in [3.63, 3.8) is 0 Å². The fourth-order valence-electron chi connectivity index (χ4n) is 2.22. The fourth-order valence-corrected chi connectivity index (χ4v) is 2.22. The zero-order valence-corrected chi connectivity index (χ0v) is 14.0. The molecule has 0 bridgehead atoms. The molecule has 2 rings (SSSR count).